The Hall–Kier alpha value is -2.60. The molecule has 5 nitrogen and oxygen atoms in total. The molecule has 31 heavy (non-hydrogen) atoms. The molecule has 1 aliphatic rings. The number of nitrogens with zero attached hydrogens (tertiary/aromatic N) is 3. The Bertz CT molecular complexity index is 1120. The number of benzene rings is 1. The Balaban J connectivity index is 1.52. The number of carbonyl (C=O) groups is 1. The minimum absolute atomic E-state index is 0.227. The third-order valence-corrected chi connectivity index (χ3v) is 5.86. The zero-order chi connectivity index (χ0) is 22.2. The van der Waals surface area contributed by atoms with Crippen molar-refractivity contribution in [2.45, 2.75) is 45.1 Å². The molecule has 0 aliphatic carbocycles. The van der Waals surface area contributed by atoms with Crippen LogP contribution in [0.1, 0.15) is 50.8 Å². The normalized spacial score (nSPS) is 17.0. The predicted octanol–water partition coefficient (Wildman–Crippen LogP) is 4.82. The number of aromatic nitrogens is 2. The van der Waals surface area contributed by atoms with Crippen LogP contribution in [0.4, 0.5) is 4.79 Å². The van der Waals surface area contributed by atoms with Crippen molar-refractivity contribution in [3.63, 3.8) is 0 Å². The van der Waals surface area contributed by atoms with Gasteiger partial charge in [0, 0.05) is 6.54 Å². The van der Waals surface area contributed by atoms with E-state index in [9.17, 15) is 4.79 Å². The first-order chi connectivity index (χ1) is 14.7. The number of carbonyl (C=O) groups excluding carboxylic acids is 1. The van der Waals surface area contributed by atoms with Gasteiger partial charge in [0.05, 0.1) is 0 Å². The van der Waals surface area contributed by atoms with Crippen LogP contribution in [0, 0.1) is 0 Å². The number of piperidine rings is 1. The van der Waals surface area contributed by atoms with Gasteiger partial charge in [-0.05, 0) is 20.8 Å². The van der Waals surface area contributed by atoms with E-state index in [-0.39, 0.29) is 6.09 Å². The Morgan fingerprint density at radius 1 is 1.23 bits per heavy atom. The van der Waals surface area contributed by atoms with Gasteiger partial charge in [0.1, 0.15) is 5.60 Å². The van der Waals surface area contributed by atoms with Gasteiger partial charge >= 0.3 is 146 Å². The summed E-state index contributed by atoms with van der Waals surface area (Å²) in [4.78, 5) is 14.3. The van der Waals surface area contributed by atoms with E-state index in [0.29, 0.717) is 17.5 Å². The van der Waals surface area contributed by atoms with Crippen LogP contribution in [-0.4, -0.2) is 52.8 Å². The molecule has 1 unspecified atom stereocenters. The summed E-state index contributed by atoms with van der Waals surface area (Å²) < 4.78 is 7.37. The van der Waals surface area contributed by atoms with E-state index >= 15 is 0 Å². The second-order valence-electron chi connectivity index (χ2n) is 9.02. The monoisotopic (exact) mass is 435 g/mol. The molecule has 1 aromatic carbocycles. The summed E-state index contributed by atoms with van der Waals surface area (Å²) in [7, 11) is 3.84. The fourth-order valence-electron chi connectivity index (χ4n) is 4.03. The summed E-state index contributed by atoms with van der Waals surface area (Å²) in [5.41, 5.74) is 4.38. The number of halogens is 1. The van der Waals surface area contributed by atoms with Gasteiger partial charge in [0.25, 0.3) is 0 Å². The number of ether oxygens (including phenoxy) is 1. The zero-order valence-corrected chi connectivity index (χ0v) is 19.0. The van der Waals surface area contributed by atoms with Crippen LogP contribution in [0.15, 0.2) is 42.5 Å². The quantitative estimate of drug-likeness (QED) is 0.554. The van der Waals surface area contributed by atoms with E-state index in [1.165, 1.54) is 5.56 Å². The first-order valence-corrected chi connectivity index (χ1v) is 11.0. The van der Waals surface area contributed by atoms with E-state index < -0.39 is 5.60 Å². The van der Waals surface area contributed by atoms with Crippen LogP contribution in [0.5, 0.6) is 0 Å². The molecule has 1 saturated heterocycles. The van der Waals surface area contributed by atoms with E-state index in [2.05, 4.69) is 31.8 Å². The average molecular weight is 436 g/mol. The summed E-state index contributed by atoms with van der Waals surface area (Å²) in [6.07, 6.45) is 1.81. The van der Waals surface area contributed by atoms with Gasteiger partial charge in [-0.2, -0.15) is 0 Å². The molecule has 0 bridgehead atoms. The van der Waals surface area contributed by atoms with Crippen LogP contribution >= 0.6 is 11.6 Å². The van der Waals surface area contributed by atoms with E-state index in [4.69, 9.17) is 21.4 Å². The third kappa shape index (κ3) is 4.69. The fourth-order valence-corrected chi connectivity index (χ4v) is 4.29. The molecule has 0 spiro atoms. The van der Waals surface area contributed by atoms with Crippen molar-refractivity contribution in [1.82, 2.24) is 14.5 Å². The maximum absolute atomic E-state index is 12.5. The van der Waals surface area contributed by atoms with Crippen molar-refractivity contribution in [1.29, 1.82) is 0 Å². The Kier molecular flexibility index (Phi) is 5.93. The van der Waals surface area contributed by atoms with Gasteiger partial charge in [-0.15, -0.1) is 0 Å². The molecule has 0 saturated carbocycles. The van der Waals surface area contributed by atoms with Gasteiger partial charge in [-0.1, -0.05) is 0 Å². The molecule has 1 atom stereocenters. The SMILES string of the molecule is B=Cc1cc(Cl)c2ccc(-c3ccc(C4CCCN(C(=O)OC(C)(C)C)C4)cc3)nn12. The van der Waals surface area contributed by atoms with Crippen LogP contribution in [0.2, 0.25) is 5.02 Å². The number of amides is 1. The van der Waals surface area contributed by atoms with Crippen LogP contribution in [0.3, 0.4) is 0 Å². The molecule has 0 N–H and O–H groups in total. The second kappa shape index (κ2) is 8.50. The number of hydrogen-bond donors (Lipinski definition) is 0. The number of hydrogen-bond acceptors (Lipinski definition) is 3. The van der Waals surface area contributed by atoms with E-state index in [0.717, 1.165) is 41.9 Å². The summed E-state index contributed by atoms with van der Waals surface area (Å²) in [5, 5.41) is 5.40. The molecule has 4 rings (SSSR count). The van der Waals surface area contributed by atoms with Gasteiger partial charge < -0.3 is 4.74 Å². The average Bonchev–Trinajstić information content (AvgIpc) is 3.08. The second-order valence-corrected chi connectivity index (χ2v) is 9.43. The van der Waals surface area contributed by atoms with Gasteiger partial charge in [0.15, 0.2) is 0 Å². The molecular formula is C24H27BClN3O2. The van der Waals surface area contributed by atoms with Gasteiger partial charge in [-0.3, -0.25) is 0 Å². The molecule has 160 valence electrons. The number of rotatable bonds is 3. The topological polar surface area (TPSA) is 46.8 Å². The minimum atomic E-state index is -0.477. The fraction of sp³-hybridized carbons (Fsp3) is 0.375. The van der Waals surface area contributed by atoms with Crippen molar-refractivity contribution in [2.75, 3.05) is 13.1 Å². The standard InChI is InChI=1S/C24H27BClN3O2/c1-24(2,3)31-23(30)28-12-4-5-18(15-28)16-6-8-17(9-7-16)21-10-11-22-20(26)13-19(14-25)29(22)27-21/h6-11,13-14,18,25H,4-5,12,15H2,1-3H3. The maximum atomic E-state index is 12.5. The summed E-state index contributed by atoms with van der Waals surface area (Å²) >= 11 is 6.29. The van der Waals surface area contributed by atoms with Crippen molar-refractivity contribution in [3.8, 4) is 11.3 Å². The molecule has 0 radical (unpaired) electrons. The first kappa shape index (κ1) is 21.6. The number of likely N-dealkylation sites (tertiary alicyclic amines) is 1. The molecule has 1 aliphatic heterocycles. The van der Waals surface area contributed by atoms with Crippen LogP contribution in [-0.2, 0) is 4.74 Å². The Morgan fingerprint density at radius 3 is 2.65 bits per heavy atom. The molecule has 3 heterocycles. The van der Waals surface area contributed by atoms with Crippen molar-refractivity contribution >= 4 is 36.7 Å². The molecule has 1 fully saturated rings. The van der Waals surface area contributed by atoms with Crippen LogP contribution < -0.4 is 0 Å². The summed E-state index contributed by atoms with van der Waals surface area (Å²) in [6, 6.07) is 14.3. The Labute approximate surface area is 189 Å². The zero-order valence-electron chi connectivity index (χ0n) is 18.3. The predicted molar refractivity (Wildman–Crippen MR) is 128 cm³/mol. The van der Waals surface area contributed by atoms with Crippen molar-refractivity contribution in [2.24, 2.45) is 0 Å². The van der Waals surface area contributed by atoms with Crippen LogP contribution in [0.25, 0.3) is 16.8 Å². The molecular weight excluding hydrogens is 409 g/mol. The number of fused-ring (bicyclic) bond motifs is 1. The molecule has 1 amide bonds. The summed E-state index contributed by atoms with van der Waals surface area (Å²) in [5.74, 6) is 2.06. The third-order valence-electron chi connectivity index (χ3n) is 5.56. The molecule has 7 heteroatoms. The van der Waals surface area contributed by atoms with E-state index in [1.807, 2.05) is 48.4 Å². The molecule has 3 aromatic rings. The van der Waals surface area contributed by atoms with E-state index in [1.54, 1.807) is 5.97 Å². The first-order valence-electron chi connectivity index (χ1n) is 10.6. The van der Waals surface area contributed by atoms with Gasteiger partial charge in [0.2, 0.25) is 0 Å². The molecule has 2 aromatic heterocycles. The van der Waals surface area contributed by atoms with Crippen molar-refractivity contribution < 1.29 is 9.53 Å². The van der Waals surface area contributed by atoms with Gasteiger partial charge in [-0.25, -0.2) is 4.79 Å². The summed E-state index contributed by atoms with van der Waals surface area (Å²) in [6.45, 7) is 7.13. The Morgan fingerprint density at radius 2 is 1.97 bits per heavy atom. The van der Waals surface area contributed by atoms with Crippen molar-refractivity contribution in [3.05, 3.63) is 58.7 Å².